The van der Waals surface area contributed by atoms with Crippen LogP contribution in [-0.4, -0.2) is 42.8 Å². The highest BCUT2D eigenvalue weighted by molar-refractivity contribution is 7.19. The number of nitrogens with two attached hydrogens (primary N) is 1. The van der Waals surface area contributed by atoms with Gasteiger partial charge in [-0.3, -0.25) is 5.32 Å². The van der Waals surface area contributed by atoms with E-state index in [1.165, 1.54) is 17.4 Å². The first-order valence-electron chi connectivity index (χ1n) is 11.9. The van der Waals surface area contributed by atoms with Gasteiger partial charge in [-0.15, -0.1) is 11.3 Å². The number of hydrogen-bond acceptors (Lipinski definition) is 7. The Morgan fingerprint density at radius 1 is 1.14 bits per heavy atom. The first kappa shape index (κ1) is 23.7. The monoisotopic (exact) mass is 491 g/mol. The molecule has 0 amide bonds. The Hall–Kier alpha value is -3.04. The van der Waals surface area contributed by atoms with Gasteiger partial charge in [0.25, 0.3) is 0 Å². The third-order valence-corrected chi connectivity index (χ3v) is 7.61. The molecule has 1 aliphatic heterocycles. The molecule has 6 nitrogen and oxygen atoms in total. The number of benzene rings is 2. The largest absolute Gasteiger partial charge is 0.397 e. The minimum atomic E-state index is -0.874. The fourth-order valence-corrected chi connectivity index (χ4v) is 5.67. The molecule has 1 unspecified atom stereocenters. The average Bonchev–Trinajstić information content (AvgIpc) is 3.20. The molecule has 35 heavy (non-hydrogen) atoms. The second-order valence-corrected chi connectivity index (χ2v) is 9.89. The van der Waals surface area contributed by atoms with Crippen LogP contribution in [0.3, 0.4) is 0 Å². The molecule has 1 atom stereocenters. The zero-order valence-electron chi connectivity index (χ0n) is 19.7. The van der Waals surface area contributed by atoms with Gasteiger partial charge in [-0.2, -0.15) is 0 Å². The van der Waals surface area contributed by atoms with Crippen molar-refractivity contribution in [1.29, 1.82) is 0 Å². The van der Waals surface area contributed by atoms with Gasteiger partial charge >= 0.3 is 0 Å². The number of nitrogens with zero attached hydrogens (tertiary/aromatic N) is 2. The quantitative estimate of drug-likeness (QED) is 0.290. The summed E-state index contributed by atoms with van der Waals surface area (Å²) < 4.78 is 14.8. The van der Waals surface area contributed by atoms with E-state index in [0.717, 1.165) is 58.9 Å². The van der Waals surface area contributed by atoms with Crippen molar-refractivity contribution in [2.24, 2.45) is 0 Å². The average molecular weight is 492 g/mol. The Morgan fingerprint density at radius 3 is 2.74 bits per heavy atom. The lowest BCUT2D eigenvalue weighted by atomic mass is 9.98. The molecule has 182 valence electrons. The van der Waals surface area contributed by atoms with Crippen LogP contribution in [0, 0.1) is 12.7 Å². The van der Waals surface area contributed by atoms with E-state index in [4.69, 9.17) is 5.73 Å². The maximum Gasteiger partial charge on any atom is 0.142 e. The number of aliphatic hydroxyl groups excluding tert-OH is 1. The predicted octanol–water partition coefficient (Wildman–Crippen LogP) is 4.23. The summed E-state index contributed by atoms with van der Waals surface area (Å²) in [5.74, 6) is -0.223. The summed E-state index contributed by atoms with van der Waals surface area (Å²) in [4.78, 5) is 8.34. The lowest BCUT2D eigenvalue weighted by molar-refractivity contribution is 0.144. The van der Waals surface area contributed by atoms with Gasteiger partial charge in [0.05, 0.1) is 10.6 Å². The highest BCUT2D eigenvalue weighted by Gasteiger charge is 2.19. The summed E-state index contributed by atoms with van der Waals surface area (Å²) in [6.45, 7) is 6.09. The van der Waals surface area contributed by atoms with Crippen LogP contribution in [0.5, 0.6) is 0 Å². The second kappa shape index (κ2) is 10.3. The summed E-state index contributed by atoms with van der Waals surface area (Å²) in [5, 5.41) is 18.2. The number of fused-ring (bicyclic) bond motifs is 1. The Morgan fingerprint density at radius 2 is 1.94 bits per heavy atom. The van der Waals surface area contributed by atoms with Gasteiger partial charge in [-0.25, -0.2) is 9.37 Å². The zero-order chi connectivity index (χ0) is 24.4. The van der Waals surface area contributed by atoms with Crippen molar-refractivity contribution in [3.8, 4) is 11.1 Å². The maximum absolute atomic E-state index is 14.8. The van der Waals surface area contributed by atoms with Gasteiger partial charge < -0.3 is 21.1 Å². The van der Waals surface area contributed by atoms with E-state index >= 15 is 0 Å². The Balaban J connectivity index is 1.34. The van der Waals surface area contributed by atoms with Crippen LogP contribution in [0.25, 0.3) is 21.3 Å². The molecule has 1 aliphatic rings. The van der Waals surface area contributed by atoms with Gasteiger partial charge in [-0.05, 0) is 49.2 Å². The molecule has 0 spiro atoms. The molecule has 0 aliphatic carbocycles. The Kier molecular flexibility index (Phi) is 6.97. The molecule has 2 aromatic carbocycles. The van der Waals surface area contributed by atoms with Crippen LogP contribution in [0.4, 0.5) is 15.8 Å². The number of aliphatic hydroxyl groups is 1. The fraction of sp³-hybridized carbons (Fsp3) is 0.296. The number of piperazine rings is 1. The van der Waals surface area contributed by atoms with Crippen molar-refractivity contribution in [2.45, 2.75) is 19.6 Å². The van der Waals surface area contributed by atoms with Gasteiger partial charge in [0.2, 0.25) is 0 Å². The second-order valence-electron chi connectivity index (χ2n) is 8.86. The third kappa shape index (κ3) is 5.01. The van der Waals surface area contributed by atoms with E-state index in [0.29, 0.717) is 29.1 Å². The number of aromatic nitrogens is 1. The topological polar surface area (TPSA) is 86.4 Å². The number of anilines is 2. The van der Waals surface area contributed by atoms with E-state index in [1.807, 2.05) is 31.2 Å². The van der Waals surface area contributed by atoms with Gasteiger partial charge in [0, 0.05) is 60.6 Å². The van der Waals surface area contributed by atoms with E-state index in [2.05, 4.69) is 38.7 Å². The van der Waals surface area contributed by atoms with Crippen LogP contribution in [-0.2, 0) is 6.42 Å². The molecule has 8 heteroatoms. The van der Waals surface area contributed by atoms with Crippen molar-refractivity contribution < 1.29 is 9.50 Å². The molecule has 0 radical (unpaired) electrons. The van der Waals surface area contributed by atoms with Crippen LogP contribution < -0.4 is 21.3 Å². The van der Waals surface area contributed by atoms with Crippen molar-refractivity contribution in [3.63, 3.8) is 0 Å². The number of nitrogen functional groups attached to an aromatic ring is 1. The molecule has 1 fully saturated rings. The predicted molar refractivity (Wildman–Crippen MR) is 142 cm³/mol. The first-order valence-corrected chi connectivity index (χ1v) is 12.7. The number of rotatable bonds is 7. The normalized spacial score (nSPS) is 15.0. The zero-order valence-corrected chi connectivity index (χ0v) is 20.5. The molecular formula is C27H30FN5OS. The molecule has 0 bridgehead atoms. The number of thiophene rings is 1. The van der Waals surface area contributed by atoms with Crippen molar-refractivity contribution >= 4 is 32.9 Å². The van der Waals surface area contributed by atoms with E-state index < -0.39 is 6.23 Å². The van der Waals surface area contributed by atoms with E-state index in [1.54, 1.807) is 6.07 Å². The van der Waals surface area contributed by atoms with Gasteiger partial charge in [0.15, 0.2) is 0 Å². The molecule has 5 rings (SSSR count). The van der Waals surface area contributed by atoms with Gasteiger partial charge in [0.1, 0.15) is 16.9 Å². The molecule has 3 heterocycles. The smallest absolute Gasteiger partial charge is 0.142 e. The summed E-state index contributed by atoms with van der Waals surface area (Å²) in [7, 11) is 0. The molecule has 2 aromatic heterocycles. The Bertz CT molecular complexity index is 1330. The number of nitrogens with one attached hydrogen (secondary N) is 2. The van der Waals surface area contributed by atoms with Crippen molar-refractivity contribution in [2.75, 3.05) is 43.4 Å². The minimum Gasteiger partial charge on any atom is -0.397 e. The van der Waals surface area contributed by atoms with Crippen molar-refractivity contribution in [1.82, 2.24) is 15.6 Å². The lowest BCUT2D eigenvalue weighted by Crippen LogP contribution is -2.43. The fourth-order valence-electron chi connectivity index (χ4n) is 4.57. The third-order valence-electron chi connectivity index (χ3n) is 6.44. The summed E-state index contributed by atoms with van der Waals surface area (Å²) in [6.07, 6.45) is -0.191. The number of aryl methyl sites for hydroxylation is 1. The van der Waals surface area contributed by atoms with Crippen LogP contribution in [0.15, 0.2) is 54.6 Å². The van der Waals surface area contributed by atoms with Crippen LogP contribution in [0.2, 0.25) is 0 Å². The standard InChI is InChI=1S/C27H30FN5OS/c1-17-6-8-20-24(29)25(35-27(20)32-17)26(34)31-11-10-18-7-9-23(33-14-12-30-13-15-33)21(16-18)19-4-2-3-5-22(19)28/h2-9,16,26,30-31,34H,10-15,29H2,1H3. The summed E-state index contributed by atoms with van der Waals surface area (Å²) in [6, 6.07) is 17.1. The molecule has 1 saturated heterocycles. The maximum atomic E-state index is 14.8. The minimum absolute atomic E-state index is 0.223. The van der Waals surface area contributed by atoms with E-state index in [-0.39, 0.29) is 5.82 Å². The first-order chi connectivity index (χ1) is 17.0. The van der Waals surface area contributed by atoms with Crippen LogP contribution >= 0.6 is 11.3 Å². The van der Waals surface area contributed by atoms with Crippen molar-refractivity contribution in [3.05, 3.63) is 76.5 Å². The highest BCUT2D eigenvalue weighted by atomic mass is 32.1. The lowest BCUT2D eigenvalue weighted by Gasteiger charge is -2.31. The number of halogens is 1. The summed E-state index contributed by atoms with van der Waals surface area (Å²) in [5.41, 5.74) is 11.4. The molecule has 4 aromatic rings. The molecular weight excluding hydrogens is 461 g/mol. The Labute approximate surface area is 208 Å². The molecule has 0 saturated carbocycles. The van der Waals surface area contributed by atoms with Crippen LogP contribution in [0.1, 0.15) is 22.4 Å². The van der Waals surface area contributed by atoms with E-state index in [9.17, 15) is 9.50 Å². The highest BCUT2D eigenvalue weighted by Crippen LogP contribution is 2.36. The number of hydrogen-bond donors (Lipinski definition) is 4. The molecule has 5 N–H and O–H groups in total. The number of pyridine rings is 1. The summed E-state index contributed by atoms with van der Waals surface area (Å²) >= 11 is 1.41. The van der Waals surface area contributed by atoms with Gasteiger partial charge in [-0.1, -0.05) is 24.3 Å². The SMILES string of the molecule is Cc1ccc2c(N)c(C(O)NCCc3ccc(N4CCNCC4)c(-c4ccccc4F)c3)sc2n1.